The molecule has 1 fully saturated rings. The number of aromatic nitrogens is 1. The van der Waals surface area contributed by atoms with Gasteiger partial charge in [0.2, 0.25) is 5.89 Å². The van der Waals surface area contributed by atoms with Gasteiger partial charge < -0.3 is 19.8 Å². The molecule has 32 heavy (non-hydrogen) atoms. The summed E-state index contributed by atoms with van der Waals surface area (Å²) in [5, 5.41) is 5.75. The number of morpholine rings is 1. The molecule has 0 radical (unpaired) electrons. The molecule has 2 N–H and O–H groups in total. The van der Waals surface area contributed by atoms with E-state index in [2.05, 4.69) is 39.6 Å². The van der Waals surface area contributed by atoms with E-state index in [1.807, 2.05) is 43.3 Å². The quantitative estimate of drug-likeness (QED) is 0.576. The maximum atomic E-state index is 12.2. The van der Waals surface area contributed by atoms with E-state index in [1.54, 1.807) is 6.26 Å². The van der Waals surface area contributed by atoms with E-state index < -0.39 is 0 Å². The normalized spacial score (nSPS) is 15.3. The van der Waals surface area contributed by atoms with Gasteiger partial charge in [-0.25, -0.2) is 9.78 Å². The highest BCUT2D eigenvalue weighted by atomic mass is 16.5. The summed E-state index contributed by atoms with van der Waals surface area (Å²) >= 11 is 0. The van der Waals surface area contributed by atoms with Crippen LogP contribution in [-0.4, -0.2) is 48.8 Å². The maximum Gasteiger partial charge on any atom is 0.319 e. The Morgan fingerprint density at radius 1 is 1.09 bits per heavy atom. The van der Waals surface area contributed by atoms with Gasteiger partial charge in [0.1, 0.15) is 6.26 Å². The fourth-order valence-corrected chi connectivity index (χ4v) is 3.75. The summed E-state index contributed by atoms with van der Waals surface area (Å²) in [6, 6.07) is 16.1. The summed E-state index contributed by atoms with van der Waals surface area (Å²) in [5.41, 5.74) is 4.94. The zero-order valence-corrected chi connectivity index (χ0v) is 18.6. The van der Waals surface area contributed by atoms with Crippen molar-refractivity contribution in [1.29, 1.82) is 0 Å². The third-order valence-electron chi connectivity index (χ3n) is 5.76. The number of nitrogens with one attached hydrogen (secondary N) is 2. The monoisotopic (exact) mass is 434 g/mol. The van der Waals surface area contributed by atoms with E-state index in [1.165, 1.54) is 11.1 Å². The molecule has 1 unspecified atom stereocenters. The van der Waals surface area contributed by atoms with Crippen molar-refractivity contribution in [3.8, 4) is 11.5 Å². The summed E-state index contributed by atoms with van der Waals surface area (Å²) in [6.07, 6.45) is 2.24. The van der Waals surface area contributed by atoms with Crippen molar-refractivity contribution >= 4 is 11.7 Å². The van der Waals surface area contributed by atoms with Crippen LogP contribution in [0.5, 0.6) is 0 Å². The highest BCUT2D eigenvalue weighted by Gasteiger charge is 2.18. The summed E-state index contributed by atoms with van der Waals surface area (Å²) < 4.78 is 11.0. The number of hydrogen-bond donors (Lipinski definition) is 2. The molecule has 2 heterocycles. The number of hydrogen-bond acceptors (Lipinski definition) is 5. The van der Waals surface area contributed by atoms with Crippen LogP contribution in [0.15, 0.2) is 59.2 Å². The molecule has 7 nitrogen and oxygen atoms in total. The second kappa shape index (κ2) is 10.4. The number of urea groups is 1. The number of amides is 2. The van der Waals surface area contributed by atoms with E-state index in [0.717, 1.165) is 43.2 Å². The Morgan fingerprint density at radius 3 is 2.53 bits per heavy atom. The third-order valence-corrected chi connectivity index (χ3v) is 5.76. The molecule has 4 rings (SSSR count). The van der Waals surface area contributed by atoms with Crippen molar-refractivity contribution < 1.29 is 13.9 Å². The molecule has 1 atom stereocenters. The van der Waals surface area contributed by atoms with Gasteiger partial charge in [0.05, 0.1) is 18.9 Å². The van der Waals surface area contributed by atoms with E-state index in [9.17, 15) is 4.79 Å². The first-order valence-corrected chi connectivity index (χ1v) is 11.1. The molecule has 0 saturated carbocycles. The SMILES string of the molecule is Cc1ccc(-c2nc(CCNC(=O)Nc3ccc(C(C)N4CCOCC4)cc3)co2)cc1. The number of carbonyl (C=O) groups excluding carboxylic acids is 1. The fraction of sp³-hybridized carbons (Fsp3) is 0.360. The van der Waals surface area contributed by atoms with Crippen molar-refractivity contribution in [3.63, 3.8) is 0 Å². The van der Waals surface area contributed by atoms with Gasteiger partial charge >= 0.3 is 6.03 Å². The molecule has 0 spiro atoms. The number of aryl methyl sites for hydroxylation is 1. The lowest BCUT2D eigenvalue weighted by Crippen LogP contribution is -2.38. The van der Waals surface area contributed by atoms with Crippen molar-refractivity contribution in [2.24, 2.45) is 0 Å². The van der Waals surface area contributed by atoms with Gasteiger partial charge in [0.15, 0.2) is 0 Å². The topological polar surface area (TPSA) is 79.6 Å². The first-order valence-electron chi connectivity index (χ1n) is 11.1. The average Bonchev–Trinajstić information content (AvgIpc) is 3.29. The lowest BCUT2D eigenvalue weighted by atomic mass is 10.1. The van der Waals surface area contributed by atoms with Gasteiger partial charge in [0.25, 0.3) is 0 Å². The van der Waals surface area contributed by atoms with Crippen molar-refractivity contribution in [2.75, 3.05) is 38.2 Å². The molecule has 168 valence electrons. The Labute approximate surface area is 188 Å². The number of carbonyl (C=O) groups is 1. The van der Waals surface area contributed by atoms with Gasteiger partial charge in [0, 0.05) is 43.3 Å². The Balaban J connectivity index is 1.22. The molecule has 0 aliphatic carbocycles. The number of benzene rings is 2. The van der Waals surface area contributed by atoms with Crippen LogP contribution in [-0.2, 0) is 11.2 Å². The van der Waals surface area contributed by atoms with Crippen LogP contribution in [0.4, 0.5) is 10.5 Å². The number of ether oxygens (including phenoxy) is 1. The van der Waals surface area contributed by atoms with E-state index in [4.69, 9.17) is 9.15 Å². The predicted octanol–water partition coefficient (Wildman–Crippen LogP) is 4.41. The van der Waals surface area contributed by atoms with Crippen LogP contribution in [0.2, 0.25) is 0 Å². The highest BCUT2D eigenvalue weighted by molar-refractivity contribution is 5.89. The molecular formula is C25H30N4O3. The minimum atomic E-state index is -0.235. The van der Waals surface area contributed by atoms with E-state index in [0.29, 0.717) is 24.9 Å². The van der Waals surface area contributed by atoms with Crippen molar-refractivity contribution in [2.45, 2.75) is 26.3 Å². The zero-order valence-electron chi connectivity index (χ0n) is 18.6. The molecule has 0 bridgehead atoms. The van der Waals surface area contributed by atoms with E-state index in [-0.39, 0.29) is 6.03 Å². The lowest BCUT2D eigenvalue weighted by molar-refractivity contribution is 0.0198. The van der Waals surface area contributed by atoms with Gasteiger partial charge in [-0.2, -0.15) is 0 Å². The molecule has 1 aromatic heterocycles. The number of oxazole rings is 1. The predicted molar refractivity (Wildman–Crippen MR) is 125 cm³/mol. The molecule has 2 aromatic carbocycles. The minimum absolute atomic E-state index is 0.235. The minimum Gasteiger partial charge on any atom is -0.444 e. The van der Waals surface area contributed by atoms with Gasteiger partial charge in [-0.1, -0.05) is 29.8 Å². The van der Waals surface area contributed by atoms with Crippen LogP contribution in [0.1, 0.15) is 29.8 Å². The van der Waals surface area contributed by atoms with Crippen LogP contribution >= 0.6 is 0 Å². The van der Waals surface area contributed by atoms with Crippen LogP contribution in [0.3, 0.4) is 0 Å². The van der Waals surface area contributed by atoms with Gasteiger partial charge in [-0.3, -0.25) is 4.90 Å². The average molecular weight is 435 g/mol. The summed E-state index contributed by atoms with van der Waals surface area (Å²) in [7, 11) is 0. The number of nitrogens with zero attached hydrogens (tertiary/aromatic N) is 2. The lowest BCUT2D eigenvalue weighted by Gasteiger charge is -2.32. The second-order valence-electron chi connectivity index (χ2n) is 8.09. The molecule has 1 aliphatic heterocycles. The number of rotatable bonds is 7. The molecule has 1 saturated heterocycles. The smallest absolute Gasteiger partial charge is 0.319 e. The summed E-state index contributed by atoms with van der Waals surface area (Å²) in [6.45, 7) is 8.18. The third kappa shape index (κ3) is 5.75. The molecule has 2 amide bonds. The second-order valence-corrected chi connectivity index (χ2v) is 8.09. The maximum absolute atomic E-state index is 12.2. The molecular weight excluding hydrogens is 404 g/mol. The Kier molecular flexibility index (Phi) is 7.19. The molecule has 7 heteroatoms. The van der Waals surface area contributed by atoms with Crippen molar-refractivity contribution in [3.05, 3.63) is 71.6 Å². The number of anilines is 1. The Bertz CT molecular complexity index is 1010. The van der Waals surface area contributed by atoms with Gasteiger partial charge in [-0.15, -0.1) is 0 Å². The molecule has 1 aliphatic rings. The Hall–Kier alpha value is -3.16. The highest BCUT2D eigenvalue weighted by Crippen LogP contribution is 2.23. The van der Waals surface area contributed by atoms with E-state index >= 15 is 0 Å². The van der Waals surface area contributed by atoms with Crippen LogP contribution in [0.25, 0.3) is 11.5 Å². The van der Waals surface area contributed by atoms with Crippen LogP contribution in [0, 0.1) is 6.92 Å². The van der Waals surface area contributed by atoms with Gasteiger partial charge in [-0.05, 0) is 43.7 Å². The van der Waals surface area contributed by atoms with Crippen molar-refractivity contribution in [1.82, 2.24) is 15.2 Å². The first-order chi connectivity index (χ1) is 15.6. The fourth-order valence-electron chi connectivity index (χ4n) is 3.75. The van der Waals surface area contributed by atoms with Crippen LogP contribution < -0.4 is 10.6 Å². The summed E-state index contributed by atoms with van der Waals surface area (Å²) in [4.78, 5) is 19.2. The summed E-state index contributed by atoms with van der Waals surface area (Å²) in [5.74, 6) is 0.593. The largest absolute Gasteiger partial charge is 0.444 e. The molecule has 3 aromatic rings. The first kappa shape index (κ1) is 22.0. The zero-order chi connectivity index (χ0) is 22.3. The Morgan fingerprint density at radius 2 is 1.81 bits per heavy atom. The standard InChI is InChI=1S/C25H30N4O3/c1-18-3-5-21(6-4-18)24-27-23(17-32-24)11-12-26-25(30)28-22-9-7-20(8-10-22)19(2)29-13-15-31-16-14-29/h3-10,17,19H,11-16H2,1-2H3,(H2,26,28,30).